The van der Waals surface area contributed by atoms with Gasteiger partial charge in [-0.25, -0.2) is 0 Å². The minimum Gasteiger partial charge on any atom is -0.299 e. The van der Waals surface area contributed by atoms with Gasteiger partial charge in [0.1, 0.15) is 5.78 Å². The molecule has 0 bridgehead atoms. The van der Waals surface area contributed by atoms with Gasteiger partial charge >= 0.3 is 0 Å². The Balaban J connectivity index is 1.73. The number of hydrogen-bond acceptors (Lipinski definition) is 2. The Labute approximate surface area is 132 Å². The molecule has 5 atom stereocenters. The summed E-state index contributed by atoms with van der Waals surface area (Å²) in [5.74, 6) is 2.20. The molecule has 3 saturated carbocycles. The van der Waals surface area contributed by atoms with E-state index in [4.69, 9.17) is 0 Å². The molecule has 4 aliphatic rings. The van der Waals surface area contributed by atoms with E-state index in [0.717, 1.165) is 38.5 Å². The van der Waals surface area contributed by atoms with E-state index in [1.54, 1.807) is 6.08 Å². The lowest BCUT2D eigenvalue weighted by Gasteiger charge is -2.55. The van der Waals surface area contributed by atoms with Gasteiger partial charge in [0, 0.05) is 17.3 Å². The number of carbonyl (C=O) groups excluding carboxylic acids is 2. The fourth-order valence-corrected chi connectivity index (χ4v) is 6.07. The SMILES string of the molecule is C=C[C@]12CC[C@H]3[C@@H](CCC4=CC(=O)C=C[C@@]43C)[C@@H]1CCC2=O. The van der Waals surface area contributed by atoms with Crippen molar-refractivity contribution in [2.24, 2.45) is 28.6 Å². The molecule has 4 rings (SSSR count). The van der Waals surface area contributed by atoms with Gasteiger partial charge in [-0.05, 0) is 62.0 Å². The first-order valence-electron chi connectivity index (χ1n) is 8.62. The number of carbonyl (C=O) groups is 2. The Bertz CT molecular complexity index is 626. The Morgan fingerprint density at radius 2 is 2.00 bits per heavy atom. The van der Waals surface area contributed by atoms with E-state index in [-0.39, 0.29) is 16.6 Å². The van der Waals surface area contributed by atoms with Crippen molar-refractivity contribution in [3.8, 4) is 0 Å². The van der Waals surface area contributed by atoms with E-state index in [1.165, 1.54) is 5.57 Å². The zero-order valence-electron chi connectivity index (χ0n) is 13.3. The molecule has 0 heterocycles. The Hall–Kier alpha value is -1.44. The van der Waals surface area contributed by atoms with Crippen molar-refractivity contribution in [3.05, 3.63) is 36.5 Å². The molecule has 0 aliphatic heterocycles. The van der Waals surface area contributed by atoms with E-state index in [9.17, 15) is 9.59 Å². The van der Waals surface area contributed by atoms with Crippen LogP contribution in [0, 0.1) is 28.6 Å². The lowest BCUT2D eigenvalue weighted by molar-refractivity contribution is -0.129. The minimum atomic E-state index is -0.243. The van der Waals surface area contributed by atoms with Crippen LogP contribution in [0.2, 0.25) is 0 Å². The van der Waals surface area contributed by atoms with Crippen molar-refractivity contribution in [1.29, 1.82) is 0 Å². The van der Waals surface area contributed by atoms with Crippen molar-refractivity contribution in [2.45, 2.75) is 45.4 Å². The van der Waals surface area contributed by atoms with Crippen LogP contribution in [0.1, 0.15) is 45.4 Å². The summed E-state index contributed by atoms with van der Waals surface area (Å²) in [6.07, 6.45) is 13.7. The summed E-state index contributed by atoms with van der Waals surface area (Å²) in [6, 6.07) is 0. The Morgan fingerprint density at radius 3 is 2.77 bits per heavy atom. The monoisotopic (exact) mass is 296 g/mol. The summed E-state index contributed by atoms with van der Waals surface area (Å²) in [5.41, 5.74) is 1.10. The fraction of sp³-hybridized carbons (Fsp3) is 0.600. The smallest absolute Gasteiger partial charge is 0.178 e. The van der Waals surface area contributed by atoms with Crippen LogP contribution in [0.3, 0.4) is 0 Å². The van der Waals surface area contributed by atoms with Gasteiger partial charge in [-0.15, -0.1) is 6.58 Å². The predicted molar refractivity (Wildman–Crippen MR) is 86.1 cm³/mol. The molecule has 3 fully saturated rings. The molecule has 0 aromatic heterocycles. The highest BCUT2D eigenvalue weighted by Gasteiger charge is 2.59. The third-order valence-corrected chi connectivity index (χ3v) is 7.25. The van der Waals surface area contributed by atoms with Crippen molar-refractivity contribution < 1.29 is 9.59 Å². The van der Waals surface area contributed by atoms with Gasteiger partial charge in [-0.2, -0.15) is 0 Å². The van der Waals surface area contributed by atoms with Crippen LogP contribution >= 0.6 is 0 Å². The van der Waals surface area contributed by atoms with Crippen LogP contribution in [-0.4, -0.2) is 11.6 Å². The molecule has 0 amide bonds. The molecule has 0 aromatic rings. The lowest BCUT2D eigenvalue weighted by atomic mass is 9.48. The van der Waals surface area contributed by atoms with Crippen LogP contribution < -0.4 is 0 Å². The van der Waals surface area contributed by atoms with Crippen molar-refractivity contribution in [2.75, 3.05) is 0 Å². The fourth-order valence-electron chi connectivity index (χ4n) is 6.07. The third-order valence-electron chi connectivity index (χ3n) is 7.25. The zero-order valence-corrected chi connectivity index (χ0v) is 13.3. The van der Waals surface area contributed by atoms with Crippen molar-refractivity contribution in [3.63, 3.8) is 0 Å². The molecular formula is C20H24O2. The zero-order chi connectivity index (χ0) is 15.5. The van der Waals surface area contributed by atoms with E-state index in [0.29, 0.717) is 23.5 Å². The van der Waals surface area contributed by atoms with Gasteiger partial charge in [0.2, 0.25) is 0 Å². The molecule has 0 unspecified atom stereocenters. The molecule has 2 nitrogen and oxygen atoms in total. The number of Topliss-reactive ketones (excluding diaryl/α,β-unsaturated/α-hetero) is 1. The van der Waals surface area contributed by atoms with Crippen molar-refractivity contribution >= 4 is 11.6 Å². The second-order valence-corrected chi connectivity index (χ2v) is 7.85. The summed E-state index contributed by atoms with van der Waals surface area (Å²) in [7, 11) is 0. The van der Waals surface area contributed by atoms with Gasteiger partial charge in [-0.1, -0.05) is 24.6 Å². The predicted octanol–water partition coefficient (Wildman–Crippen LogP) is 4.03. The van der Waals surface area contributed by atoms with Gasteiger partial charge < -0.3 is 0 Å². The van der Waals surface area contributed by atoms with Crippen molar-refractivity contribution in [1.82, 2.24) is 0 Å². The quantitative estimate of drug-likeness (QED) is 0.685. The van der Waals surface area contributed by atoms with Gasteiger partial charge in [0.25, 0.3) is 0 Å². The van der Waals surface area contributed by atoms with Gasteiger partial charge in [0.15, 0.2) is 5.78 Å². The lowest BCUT2D eigenvalue weighted by Crippen LogP contribution is -2.50. The summed E-state index contributed by atoms with van der Waals surface area (Å²) in [4.78, 5) is 24.2. The number of hydrogen-bond donors (Lipinski definition) is 0. The Morgan fingerprint density at radius 1 is 1.18 bits per heavy atom. The first-order chi connectivity index (χ1) is 10.5. The largest absolute Gasteiger partial charge is 0.299 e. The maximum absolute atomic E-state index is 12.5. The first kappa shape index (κ1) is 14.2. The molecule has 0 spiro atoms. The highest BCUT2D eigenvalue weighted by molar-refractivity contribution is 6.01. The second kappa shape index (κ2) is 4.53. The number of fused-ring (bicyclic) bond motifs is 5. The van der Waals surface area contributed by atoms with E-state index >= 15 is 0 Å². The summed E-state index contributed by atoms with van der Waals surface area (Å²) < 4.78 is 0. The molecule has 2 heteroatoms. The summed E-state index contributed by atoms with van der Waals surface area (Å²) in [5, 5.41) is 0. The van der Waals surface area contributed by atoms with Gasteiger partial charge in [-0.3, -0.25) is 9.59 Å². The van der Waals surface area contributed by atoms with Crippen LogP contribution in [-0.2, 0) is 9.59 Å². The van der Waals surface area contributed by atoms with E-state index < -0.39 is 0 Å². The normalized spacial score (nSPS) is 46.6. The molecule has 4 aliphatic carbocycles. The van der Waals surface area contributed by atoms with Gasteiger partial charge in [0.05, 0.1) is 0 Å². The standard InChI is InChI=1S/C20H24O2/c1-3-20-11-9-16-15(17(20)6-7-18(20)22)5-4-13-12-14(21)8-10-19(13,16)2/h3,8,10,12,15-17H,1,4-7,9,11H2,2H3/t15-,16+,17+,19+,20+/m1/s1. The molecule has 0 N–H and O–H groups in total. The van der Waals surface area contributed by atoms with Crippen LogP contribution in [0.25, 0.3) is 0 Å². The maximum Gasteiger partial charge on any atom is 0.178 e. The third kappa shape index (κ3) is 1.61. The van der Waals surface area contributed by atoms with E-state index in [1.807, 2.05) is 12.2 Å². The van der Waals surface area contributed by atoms with Crippen LogP contribution in [0.15, 0.2) is 36.5 Å². The van der Waals surface area contributed by atoms with Crippen LogP contribution in [0.4, 0.5) is 0 Å². The highest BCUT2D eigenvalue weighted by atomic mass is 16.1. The van der Waals surface area contributed by atoms with Crippen LogP contribution in [0.5, 0.6) is 0 Å². The maximum atomic E-state index is 12.5. The molecule has 0 saturated heterocycles. The molecule has 0 radical (unpaired) electrons. The second-order valence-electron chi connectivity index (χ2n) is 7.85. The minimum absolute atomic E-state index is 0.0236. The summed E-state index contributed by atoms with van der Waals surface area (Å²) in [6.45, 7) is 6.33. The Kier molecular flexibility index (Phi) is 2.92. The number of rotatable bonds is 1. The average molecular weight is 296 g/mol. The average Bonchev–Trinajstić information content (AvgIpc) is 2.86. The number of allylic oxidation sites excluding steroid dienone is 5. The molecule has 0 aromatic carbocycles. The molecule has 116 valence electrons. The molecular weight excluding hydrogens is 272 g/mol. The van der Waals surface area contributed by atoms with E-state index in [2.05, 4.69) is 19.6 Å². The first-order valence-corrected chi connectivity index (χ1v) is 8.62. The summed E-state index contributed by atoms with van der Waals surface area (Å²) >= 11 is 0. The highest BCUT2D eigenvalue weighted by Crippen LogP contribution is 2.63. The topological polar surface area (TPSA) is 34.1 Å². The number of ketones is 2. The molecule has 22 heavy (non-hydrogen) atoms.